The van der Waals surface area contributed by atoms with Gasteiger partial charge in [-0.05, 0) is 47.5 Å². The smallest absolute Gasteiger partial charge is 0.241 e. The van der Waals surface area contributed by atoms with E-state index < -0.39 is 15.9 Å². The van der Waals surface area contributed by atoms with E-state index in [-0.39, 0.29) is 13.1 Å². The lowest BCUT2D eigenvalue weighted by molar-refractivity contribution is -0.119. The molecule has 0 saturated heterocycles. The molecule has 1 amide bonds. The molecule has 3 rings (SSSR count). The van der Waals surface area contributed by atoms with E-state index in [1.165, 1.54) is 7.11 Å². The van der Waals surface area contributed by atoms with E-state index in [0.29, 0.717) is 29.5 Å². The first-order chi connectivity index (χ1) is 16.3. The summed E-state index contributed by atoms with van der Waals surface area (Å²) in [4.78, 5) is 12.6. The van der Waals surface area contributed by atoms with Crippen LogP contribution in [0.4, 0.5) is 5.69 Å². The highest BCUT2D eigenvalue weighted by Gasteiger charge is 2.21. The standard InChI is InChI=1S/C25H28N2O6S/c1-31-23-14-9-20(15-24(23)32-2)16-26-25(28)17-27(34(3,29)30)21-10-12-22(13-11-21)33-18-19-7-5-4-6-8-19/h4-15H,16-18H2,1-3H3,(H,26,28). The van der Waals surface area contributed by atoms with Crippen LogP contribution >= 0.6 is 0 Å². The number of rotatable bonds is 11. The predicted octanol–water partition coefficient (Wildman–Crippen LogP) is 3.37. The Hall–Kier alpha value is -3.72. The molecule has 34 heavy (non-hydrogen) atoms. The number of carbonyl (C=O) groups excluding carboxylic acids is 1. The number of carbonyl (C=O) groups is 1. The van der Waals surface area contributed by atoms with E-state index >= 15 is 0 Å². The number of hydrogen-bond donors (Lipinski definition) is 1. The number of amides is 1. The van der Waals surface area contributed by atoms with Crippen molar-refractivity contribution < 1.29 is 27.4 Å². The third-order valence-electron chi connectivity index (χ3n) is 5.00. The molecule has 0 aromatic heterocycles. The van der Waals surface area contributed by atoms with E-state index in [0.717, 1.165) is 21.7 Å². The largest absolute Gasteiger partial charge is 0.493 e. The van der Waals surface area contributed by atoms with Crippen molar-refractivity contribution in [1.82, 2.24) is 5.32 Å². The highest BCUT2D eigenvalue weighted by molar-refractivity contribution is 7.92. The first kappa shape index (κ1) is 24.9. The first-order valence-electron chi connectivity index (χ1n) is 10.5. The summed E-state index contributed by atoms with van der Waals surface area (Å²) in [6.45, 7) is 0.258. The highest BCUT2D eigenvalue weighted by Crippen LogP contribution is 2.27. The molecule has 3 aromatic carbocycles. The van der Waals surface area contributed by atoms with E-state index in [9.17, 15) is 13.2 Å². The van der Waals surface area contributed by atoms with Crippen LogP contribution in [0.1, 0.15) is 11.1 Å². The van der Waals surface area contributed by atoms with Gasteiger partial charge in [0, 0.05) is 6.54 Å². The molecule has 1 N–H and O–H groups in total. The normalized spacial score (nSPS) is 10.9. The van der Waals surface area contributed by atoms with Gasteiger partial charge in [0.25, 0.3) is 0 Å². The van der Waals surface area contributed by atoms with Gasteiger partial charge in [-0.3, -0.25) is 9.10 Å². The zero-order valence-corrected chi connectivity index (χ0v) is 20.2. The molecule has 0 unspecified atom stereocenters. The molecule has 3 aromatic rings. The van der Waals surface area contributed by atoms with Gasteiger partial charge in [0.2, 0.25) is 15.9 Å². The van der Waals surface area contributed by atoms with Gasteiger partial charge in [-0.2, -0.15) is 0 Å². The van der Waals surface area contributed by atoms with Gasteiger partial charge < -0.3 is 19.5 Å². The fourth-order valence-electron chi connectivity index (χ4n) is 3.23. The summed E-state index contributed by atoms with van der Waals surface area (Å²) in [5.74, 6) is 1.28. The molecule has 0 heterocycles. The Morgan fingerprint density at radius 3 is 2.18 bits per heavy atom. The lowest BCUT2D eigenvalue weighted by Crippen LogP contribution is -2.40. The number of methoxy groups -OCH3 is 2. The van der Waals surface area contributed by atoms with E-state index in [4.69, 9.17) is 14.2 Å². The lowest BCUT2D eigenvalue weighted by atomic mass is 10.2. The van der Waals surface area contributed by atoms with Crippen molar-refractivity contribution in [2.75, 3.05) is 31.3 Å². The van der Waals surface area contributed by atoms with Crippen molar-refractivity contribution in [3.63, 3.8) is 0 Å². The van der Waals surface area contributed by atoms with Crippen LogP contribution in [-0.2, 0) is 28.0 Å². The monoisotopic (exact) mass is 484 g/mol. The second-order valence-corrected chi connectivity index (χ2v) is 9.41. The van der Waals surface area contributed by atoms with Gasteiger partial charge in [0.15, 0.2) is 11.5 Å². The molecule has 0 aliphatic rings. The molecule has 0 bridgehead atoms. The Bertz CT molecular complexity index is 1200. The number of ether oxygens (including phenoxy) is 3. The highest BCUT2D eigenvalue weighted by atomic mass is 32.2. The number of sulfonamides is 1. The van der Waals surface area contributed by atoms with E-state index in [2.05, 4.69) is 5.32 Å². The Morgan fingerprint density at radius 2 is 1.56 bits per heavy atom. The van der Waals surface area contributed by atoms with Gasteiger partial charge in [-0.1, -0.05) is 36.4 Å². The molecule has 0 aliphatic carbocycles. The van der Waals surface area contributed by atoms with Crippen LogP contribution < -0.4 is 23.8 Å². The fourth-order valence-corrected chi connectivity index (χ4v) is 4.08. The van der Waals surface area contributed by atoms with Gasteiger partial charge in [0.05, 0.1) is 26.2 Å². The lowest BCUT2D eigenvalue weighted by Gasteiger charge is -2.22. The molecule has 0 saturated carbocycles. The first-order valence-corrected chi connectivity index (χ1v) is 12.4. The zero-order chi connectivity index (χ0) is 24.6. The summed E-state index contributed by atoms with van der Waals surface area (Å²) in [5.41, 5.74) is 2.18. The number of hydrogen-bond acceptors (Lipinski definition) is 6. The summed E-state index contributed by atoms with van der Waals surface area (Å²) < 4.78 is 42.0. The summed E-state index contributed by atoms with van der Waals surface area (Å²) in [6, 6.07) is 21.6. The molecule has 0 fully saturated rings. The maximum Gasteiger partial charge on any atom is 0.241 e. The van der Waals surface area contributed by atoms with Crippen molar-refractivity contribution in [3.05, 3.63) is 83.9 Å². The number of nitrogens with one attached hydrogen (secondary N) is 1. The summed E-state index contributed by atoms with van der Waals surface area (Å²) in [6.07, 6.45) is 1.06. The fraction of sp³-hybridized carbons (Fsp3) is 0.240. The van der Waals surface area contributed by atoms with Gasteiger partial charge in [-0.15, -0.1) is 0 Å². The minimum atomic E-state index is -3.69. The molecule has 9 heteroatoms. The SMILES string of the molecule is COc1ccc(CNC(=O)CN(c2ccc(OCc3ccccc3)cc2)S(C)(=O)=O)cc1OC. The van der Waals surface area contributed by atoms with E-state index in [1.807, 2.05) is 30.3 Å². The van der Waals surface area contributed by atoms with Crippen LogP contribution in [0.3, 0.4) is 0 Å². The van der Waals surface area contributed by atoms with E-state index in [1.54, 1.807) is 49.6 Å². The van der Waals surface area contributed by atoms with Crippen molar-refractivity contribution in [2.45, 2.75) is 13.2 Å². The maximum absolute atomic E-state index is 12.6. The second kappa shape index (κ2) is 11.4. The second-order valence-electron chi connectivity index (χ2n) is 7.50. The Morgan fingerprint density at radius 1 is 0.882 bits per heavy atom. The minimum Gasteiger partial charge on any atom is -0.493 e. The van der Waals surface area contributed by atoms with Crippen LogP contribution in [0.25, 0.3) is 0 Å². The molecule has 0 radical (unpaired) electrons. The van der Waals surface area contributed by atoms with Gasteiger partial charge in [-0.25, -0.2) is 8.42 Å². The van der Waals surface area contributed by atoms with Crippen LogP contribution in [0.2, 0.25) is 0 Å². The summed E-state index contributed by atoms with van der Waals surface area (Å²) in [7, 11) is -0.616. The number of nitrogens with zero attached hydrogens (tertiary/aromatic N) is 1. The summed E-state index contributed by atoms with van der Waals surface area (Å²) in [5, 5.41) is 2.74. The maximum atomic E-state index is 12.6. The number of anilines is 1. The average molecular weight is 485 g/mol. The quantitative estimate of drug-likeness (QED) is 0.449. The number of benzene rings is 3. The Kier molecular flexibility index (Phi) is 8.37. The minimum absolute atomic E-state index is 0.211. The third kappa shape index (κ3) is 6.89. The van der Waals surface area contributed by atoms with Gasteiger partial charge >= 0.3 is 0 Å². The zero-order valence-electron chi connectivity index (χ0n) is 19.4. The van der Waals surface area contributed by atoms with Gasteiger partial charge in [0.1, 0.15) is 18.9 Å². The molecular weight excluding hydrogens is 456 g/mol. The molecule has 8 nitrogen and oxygen atoms in total. The molecule has 180 valence electrons. The topological polar surface area (TPSA) is 94.2 Å². The van der Waals surface area contributed by atoms with Crippen LogP contribution in [-0.4, -0.2) is 41.3 Å². The third-order valence-corrected chi connectivity index (χ3v) is 6.14. The predicted molar refractivity (Wildman–Crippen MR) is 131 cm³/mol. The Balaban J connectivity index is 1.62. The molecule has 0 spiro atoms. The van der Waals surface area contributed by atoms with Crippen molar-refractivity contribution in [3.8, 4) is 17.2 Å². The van der Waals surface area contributed by atoms with Crippen molar-refractivity contribution in [2.24, 2.45) is 0 Å². The molecular formula is C25H28N2O6S. The van der Waals surface area contributed by atoms with Crippen molar-refractivity contribution in [1.29, 1.82) is 0 Å². The van der Waals surface area contributed by atoms with Crippen LogP contribution in [0, 0.1) is 0 Å². The molecule has 0 atom stereocenters. The molecule has 0 aliphatic heterocycles. The van der Waals surface area contributed by atoms with Crippen LogP contribution in [0.15, 0.2) is 72.8 Å². The summed E-state index contributed by atoms with van der Waals surface area (Å²) >= 11 is 0. The average Bonchev–Trinajstić information content (AvgIpc) is 2.85. The van der Waals surface area contributed by atoms with Crippen molar-refractivity contribution >= 4 is 21.6 Å². The van der Waals surface area contributed by atoms with Crippen LogP contribution in [0.5, 0.6) is 17.2 Å². The Labute approximate surface area is 200 Å².